The number of hydrogen-bond donors (Lipinski definition) is 2. The van der Waals surface area contributed by atoms with Crippen LogP contribution in [0.25, 0.3) is 27.6 Å². The number of aliphatic hydroxyl groups excluding tert-OH is 1. The van der Waals surface area contributed by atoms with Crippen molar-refractivity contribution in [1.29, 1.82) is 0 Å². The van der Waals surface area contributed by atoms with Gasteiger partial charge in [-0.05, 0) is 42.5 Å². The van der Waals surface area contributed by atoms with Gasteiger partial charge in [0.25, 0.3) is 5.91 Å². The molecule has 41 heavy (non-hydrogen) atoms. The van der Waals surface area contributed by atoms with Gasteiger partial charge >= 0.3 is 6.18 Å². The standard InChI is InChI=1S/C28H33F3N4O6/c1-34-19-24-23-18-20(27(37)32-8-10-38-12-14-40-16-17-41-15-13-39-11-9-36)2-7-25(23)35(26(24)33-34)22-5-3-21(4-6-22)28(29,30)31/h2-7,18-19,36H,8-17H2,1H3,(H,32,37). The first-order chi connectivity index (χ1) is 19.8. The highest BCUT2D eigenvalue weighted by molar-refractivity contribution is 6.10. The summed E-state index contributed by atoms with van der Waals surface area (Å²) in [5, 5.41) is 17.5. The minimum absolute atomic E-state index is 0.0102. The highest BCUT2D eigenvalue weighted by atomic mass is 19.4. The molecule has 0 aliphatic carbocycles. The summed E-state index contributed by atoms with van der Waals surface area (Å²) in [6.07, 6.45) is -2.61. The second kappa shape index (κ2) is 14.4. The van der Waals surface area contributed by atoms with Crippen LogP contribution in [-0.2, 0) is 32.2 Å². The van der Waals surface area contributed by atoms with Crippen LogP contribution in [0.5, 0.6) is 0 Å². The van der Waals surface area contributed by atoms with Crippen LogP contribution in [0.2, 0.25) is 0 Å². The Bertz CT molecular complexity index is 1420. The fourth-order valence-electron chi connectivity index (χ4n) is 4.26. The summed E-state index contributed by atoms with van der Waals surface area (Å²) in [5.74, 6) is -0.272. The summed E-state index contributed by atoms with van der Waals surface area (Å²) >= 11 is 0. The van der Waals surface area contributed by atoms with Gasteiger partial charge in [-0.3, -0.25) is 14.0 Å². The predicted molar refractivity (Wildman–Crippen MR) is 145 cm³/mol. The summed E-state index contributed by atoms with van der Waals surface area (Å²) in [4.78, 5) is 12.8. The Kier molecular flexibility index (Phi) is 10.7. The van der Waals surface area contributed by atoms with Gasteiger partial charge in [0.1, 0.15) is 0 Å². The van der Waals surface area contributed by atoms with Crippen LogP contribution in [0.4, 0.5) is 13.2 Å². The lowest BCUT2D eigenvalue weighted by Crippen LogP contribution is -2.27. The van der Waals surface area contributed by atoms with E-state index in [1.807, 2.05) is 6.20 Å². The van der Waals surface area contributed by atoms with Crippen LogP contribution >= 0.6 is 0 Å². The zero-order chi connectivity index (χ0) is 29.2. The fourth-order valence-corrected chi connectivity index (χ4v) is 4.26. The van der Waals surface area contributed by atoms with E-state index in [2.05, 4.69) is 10.4 Å². The number of ether oxygens (including phenoxy) is 4. The van der Waals surface area contributed by atoms with Crippen molar-refractivity contribution in [1.82, 2.24) is 19.7 Å². The van der Waals surface area contributed by atoms with Crippen molar-refractivity contribution in [3.63, 3.8) is 0 Å². The van der Waals surface area contributed by atoms with Crippen molar-refractivity contribution in [2.24, 2.45) is 7.05 Å². The first-order valence-corrected chi connectivity index (χ1v) is 13.1. The normalized spacial score (nSPS) is 12.0. The minimum Gasteiger partial charge on any atom is -0.394 e. The maximum Gasteiger partial charge on any atom is 0.416 e. The highest BCUT2D eigenvalue weighted by Crippen LogP contribution is 2.34. The molecule has 4 rings (SSSR count). The van der Waals surface area contributed by atoms with E-state index < -0.39 is 11.7 Å². The lowest BCUT2D eigenvalue weighted by atomic mass is 10.1. The number of alkyl halides is 3. The topological polar surface area (TPSA) is 109 Å². The Balaban J connectivity index is 1.27. The third kappa shape index (κ3) is 8.05. The van der Waals surface area contributed by atoms with Gasteiger partial charge < -0.3 is 29.4 Å². The Morgan fingerprint density at radius 3 is 2.10 bits per heavy atom. The van der Waals surface area contributed by atoms with Crippen molar-refractivity contribution < 1.29 is 42.0 Å². The van der Waals surface area contributed by atoms with Gasteiger partial charge in [0.05, 0.1) is 70.5 Å². The lowest BCUT2D eigenvalue weighted by molar-refractivity contribution is -0.137. The number of amides is 1. The van der Waals surface area contributed by atoms with Crippen LogP contribution in [-0.4, -0.2) is 91.4 Å². The molecular weight excluding hydrogens is 545 g/mol. The number of nitrogens with one attached hydrogen (secondary N) is 1. The van der Waals surface area contributed by atoms with Gasteiger partial charge in [0.15, 0.2) is 5.65 Å². The molecule has 2 heterocycles. The number of halogens is 3. The molecule has 0 radical (unpaired) electrons. The quantitative estimate of drug-likeness (QED) is 0.196. The van der Waals surface area contributed by atoms with E-state index in [1.54, 1.807) is 34.5 Å². The number of aromatic nitrogens is 3. The van der Waals surface area contributed by atoms with Gasteiger partial charge in [-0.25, -0.2) is 0 Å². The van der Waals surface area contributed by atoms with Crippen molar-refractivity contribution in [2.75, 3.05) is 66.0 Å². The number of rotatable bonds is 16. The molecule has 0 unspecified atom stereocenters. The molecule has 2 aromatic carbocycles. The van der Waals surface area contributed by atoms with E-state index in [1.165, 1.54) is 12.1 Å². The number of benzene rings is 2. The molecule has 0 aliphatic heterocycles. The summed E-state index contributed by atoms with van der Waals surface area (Å²) < 4.78 is 63.9. The first-order valence-electron chi connectivity index (χ1n) is 13.1. The van der Waals surface area contributed by atoms with E-state index >= 15 is 0 Å². The van der Waals surface area contributed by atoms with Crippen LogP contribution in [0.15, 0.2) is 48.7 Å². The third-order valence-electron chi connectivity index (χ3n) is 6.15. The first kappa shape index (κ1) is 30.5. The van der Waals surface area contributed by atoms with Crippen LogP contribution < -0.4 is 5.32 Å². The average Bonchev–Trinajstić information content (AvgIpc) is 3.47. The smallest absolute Gasteiger partial charge is 0.394 e. The molecule has 0 bridgehead atoms. The van der Waals surface area contributed by atoms with E-state index in [4.69, 9.17) is 24.1 Å². The molecule has 2 aromatic heterocycles. The predicted octanol–water partition coefficient (Wildman–Crippen LogP) is 3.32. The SMILES string of the molecule is Cn1cc2c3cc(C(=O)NCCOCCOCCOCCOCCO)ccc3n(-c3ccc(C(F)(F)F)cc3)c2n1. The van der Waals surface area contributed by atoms with Crippen molar-refractivity contribution >= 4 is 27.8 Å². The number of carbonyl (C=O) groups excluding carboxylic acids is 1. The van der Waals surface area contributed by atoms with E-state index in [-0.39, 0.29) is 12.5 Å². The van der Waals surface area contributed by atoms with Crippen molar-refractivity contribution in [3.8, 4) is 5.69 Å². The summed E-state index contributed by atoms with van der Waals surface area (Å²) in [6.45, 7) is 3.39. The number of carbonyl (C=O) groups is 1. The molecule has 2 N–H and O–H groups in total. The molecule has 0 aliphatic rings. The van der Waals surface area contributed by atoms with Gasteiger partial charge in [0.2, 0.25) is 0 Å². The Hall–Kier alpha value is -3.49. The van der Waals surface area contributed by atoms with Crippen molar-refractivity contribution in [2.45, 2.75) is 6.18 Å². The second-order valence-corrected chi connectivity index (χ2v) is 9.08. The van der Waals surface area contributed by atoms with Gasteiger partial charge in [-0.15, -0.1) is 0 Å². The molecule has 1 amide bonds. The molecule has 0 saturated carbocycles. The summed E-state index contributed by atoms with van der Waals surface area (Å²) in [6, 6.07) is 10.1. The number of fused-ring (bicyclic) bond motifs is 3. The van der Waals surface area contributed by atoms with Gasteiger partial charge in [0, 0.05) is 41.8 Å². The Morgan fingerprint density at radius 2 is 1.49 bits per heavy atom. The molecule has 0 fully saturated rings. The van der Waals surface area contributed by atoms with Crippen LogP contribution in [0.1, 0.15) is 15.9 Å². The maximum absolute atomic E-state index is 13.1. The minimum atomic E-state index is -4.42. The summed E-state index contributed by atoms with van der Waals surface area (Å²) in [5.41, 5.74) is 1.55. The molecule has 0 spiro atoms. The fraction of sp³-hybridized carbons (Fsp3) is 0.429. The third-order valence-corrected chi connectivity index (χ3v) is 6.15. The van der Waals surface area contributed by atoms with E-state index in [0.29, 0.717) is 76.3 Å². The molecule has 222 valence electrons. The largest absolute Gasteiger partial charge is 0.416 e. The molecule has 0 saturated heterocycles. The van der Waals surface area contributed by atoms with Crippen LogP contribution in [0.3, 0.4) is 0 Å². The molecular formula is C28H33F3N4O6. The number of nitrogens with zero attached hydrogens (tertiary/aromatic N) is 3. The maximum atomic E-state index is 13.1. The van der Waals surface area contributed by atoms with E-state index in [0.717, 1.165) is 28.4 Å². The molecule has 4 aromatic rings. The van der Waals surface area contributed by atoms with Crippen LogP contribution in [0, 0.1) is 0 Å². The molecule has 10 nitrogen and oxygen atoms in total. The molecule has 0 atom stereocenters. The zero-order valence-corrected chi connectivity index (χ0v) is 22.7. The average molecular weight is 579 g/mol. The molecule has 13 heteroatoms. The van der Waals surface area contributed by atoms with Crippen molar-refractivity contribution in [3.05, 3.63) is 59.8 Å². The number of hydrogen-bond acceptors (Lipinski definition) is 7. The monoisotopic (exact) mass is 578 g/mol. The number of aliphatic hydroxyl groups is 1. The highest BCUT2D eigenvalue weighted by Gasteiger charge is 2.30. The zero-order valence-electron chi connectivity index (χ0n) is 22.7. The Morgan fingerprint density at radius 1 is 0.878 bits per heavy atom. The van der Waals surface area contributed by atoms with Gasteiger partial charge in [-0.2, -0.15) is 18.3 Å². The number of aryl methyl sites for hydroxylation is 1. The van der Waals surface area contributed by atoms with E-state index in [9.17, 15) is 18.0 Å². The van der Waals surface area contributed by atoms with Gasteiger partial charge in [-0.1, -0.05) is 0 Å². The summed E-state index contributed by atoms with van der Waals surface area (Å²) in [7, 11) is 1.76. The Labute approximate surface area is 234 Å². The lowest BCUT2D eigenvalue weighted by Gasteiger charge is -2.10. The second-order valence-electron chi connectivity index (χ2n) is 9.08.